The molecule has 0 radical (unpaired) electrons. The van der Waals surface area contributed by atoms with Crippen molar-refractivity contribution < 1.29 is 9.47 Å². The van der Waals surface area contributed by atoms with Gasteiger partial charge in [-0.25, -0.2) is 0 Å². The minimum Gasteiger partial charge on any atom is -0.493 e. The molecule has 0 atom stereocenters. The van der Waals surface area contributed by atoms with Crippen LogP contribution in [0.4, 0.5) is 0 Å². The van der Waals surface area contributed by atoms with Crippen LogP contribution in [0.3, 0.4) is 0 Å². The molecular weight excluding hydrogens is 252 g/mol. The van der Waals surface area contributed by atoms with Crippen LogP contribution >= 0.6 is 0 Å². The molecule has 0 unspecified atom stereocenters. The second-order valence-corrected chi connectivity index (χ2v) is 4.38. The number of nitrogens with zero attached hydrogens (tertiary/aromatic N) is 1. The van der Waals surface area contributed by atoms with Crippen molar-refractivity contribution in [1.82, 2.24) is 10.3 Å². The van der Waals surface area contributed by atoms with E-state index in [-0.39, 0.29) is 0 Å². The summed E-state index contributed by atoms with van der Waals surface area (Å²) in [5.41, 5.74) is 2.07. The van der Waals surface area contributed by atoms with Gasteiger partial charge in [-0.2, -0.15) is 0 Å². The Morgan fingerprint density at radius 1 is 1.10 bits per heavy atom. The van der Waals surface area contributed by atoms with E-state index in [4.69, 9.17) is 9.47 Å². The molecule has 0 aliphatic carbocycles. The molecule has 4 heteroatoms. The van der Waals surface area contributed by atoms with Gasteiger partial charge in [-0.05, 0) is 30.3 Å². The zero-order valence-corrected chi connectivity index (χ0v) is 11.9. The molecule has 0 aliphatic heterocycles. The van der Waals surface area contributed by atoms with E-state index < -0.39 is 0 Å². The molecule has 0 fully saturated rings. The highest BCUT2D eigenvalue weighted by Gasteiger charge is 2.03. The molecule has 4 nitrogen and oxygen atoms in total. The number of para-hydroxylation sites is 2. The molecule has 1 aromatic carbocycles. The summed E-state index contributed by atoms with van der Waals surface area (Å²) in [7, 11) is 1.63. The number of hydrogen-bond acceptors (Lipinski definition) is 4. The minimum absolute atomic E-state index is 0.432. The van der Waals surface area contributed by atoms with Crippen LogP contribution in [0.5, 0.6) is 11.5 Å². The number of aromatic nitrogens is 1. The van der Waals surface area contributed by atoms with Crippen LogP contribution in [0.15, 0.2) is 42.6 Å². The largest absolute Gasteiger partial charge is 0.493 e. The Balaban J connectivity index is 1.93. The first-order valence-corrected chi connectivity index (χ1v) is 6.74. The molecule has 0 bridgehead atoms. The van der Waals surface area contributed by atoms with Gasteiger partial charge in [0.1, 0.15) is 6.61 Å². The first-order chi connectivity index (χ1) is 9.83. The van der Waals surface area contributed by atoms with Gasteiger partial charge < -0.3 is 14.8 Å². The minimum atomic E-state index is 0.432. The summed E-state index contributed by atoms with van der Waals surface area (Å²) in [6, 6.07) is 11.7. The number of hydrogen-bond donors (Lipinski definition) is 1. The van der Waals surface area contributed by atoms with Crippen LogP contribution in [-0.4, -0.2) is 18.6 Å². The molecule has 106 valence electrons. The Labute approximate surface area is 119 Å². The summed E-state index contributed by atoms with van der Waals surface area (Å²) >= 11 is 0. The van der Waals surface area contributed by atoms with Gasteiger partial charge in [0.15, 0.2) is 11.5 Å². The molecule has 0 amide bonds. The molecule has 0 spiro atoms. The zero-order chi connectivity index (χ0) is 14.2. The summed E-state index contributed by atoms with van der Waals surface area (Å²) in [4.78, 5) is 4.40. The van der Waals surface area contributed by atoms with Gasteiger partial charge in [0.05, 0.1) is 12.8 Å². The molecule has 0 saturated heterocycles. The van der Waals surface area contributed by atoms with E-state index in [0.717, 1.165) is 30.3 Å². The lowest BCUT2D eigenvalue weighted by Crippen LogP contribution is -2.12. The highest BCUT2D eigenvalue weighted by molar-refractivity contribution is 5.39. The van der Waals surface area contributed by atoms with Crippen LogP contribution in [0, 0.1) is 0 Å². The van der Waals surface area contributed by atoms with Crippen molar-refractivity contribution in [2.45, 2.75) is 20.1 Å². The average Bonchev–Trinajstić information content (AvgIpc) is 2.52. The number of nitrogens with one attached hydrogen (secondary N) is 1. The van der Waals surface area contributed by atoms with Gasteiger partial charge >= 0.3 is 0 Å². The second-order valence-electron chi connectivity index (χ2n) is 4.38. The smallest absolute Gasteiger partial charge is 0.161 e. The fourth-order valence-electron chi connectivity index (χ4n) is 1.80. The third-order valence-electron chi connectivity index (χ3n) is 2.91. The van der Waals surface area contributed by atoms with Crippen molar-refractivity contribution in [3.05, 3.63) is 53.9 Å². The molecule has 20 heavy (non-hydrogen) atoms. The first-order valence-electron chi connectivity index (χ1n) is 6.74. The van der Waals surface area contributed by atoms with Crippen molar-refractivity contribution in [1.29, 1.82) is 0 Å². The molecule has 2 rings (SSSR count). The van der Waals surface area contributed by atoms with Gasteiger partial charge in [0, 0.05) is 12.7 Å². The lowest BCUT2D eigenvalue weighted by molar-refractivity contribution is 0.280. The summed E-state index contributed by atoms with van der Waals surface area (Å²) < 4.78 is 11.0. The van der Waals surface area contributed by atoms with Crippen LogP contribution in [0.1, 0.15) is 18.2 Å². The Morgan fingerprint density at radius 3 is 2.55 bits per heavy atom. The molecule has 0 aliphatic rings. The third kappa shape index (κ3) is 3.96. The summed E-state index contributed by atoms with van der Waals surface area (Å²) in [6.07, 6.45) is 1.88. The number of rotatable bonds is 7. The standard InChI is InChI=1S/C16H20N2O2/c1-3-17-10-13-8-9-14(18-11-13)12-20-16-7-5-4-6-15(16)19-2/h4-9,11,17H,3,10,12H2,1-2H3. The Hall–Kier alpha value is -2.07. The first kappa shape index (κ1) is 14.3. The summed E-state index contributed by atoms with van der Waals surface area (Å²) in [5, 5.41) is 3.27. The lowest BCUT2D eigenvalue weighted by Gasteiger charge is -2.10. The van der Waals surface area contributed by atoms with Gasteiger partial charge in [0.2, 0.25) is 0 Å². The lowest BCUT2D eigenvalue weighted by atomic mass is 10.2. The number of methoxy groups -OCH3 is 1. The predicted molar refractivity (Wildman–Crippen MR) is 78.9 cm³/mol. The maximum Gasteiger partial charge on any atom is 0.161 e. The average molecular weight is 272 g/mol. The highest BCUT2D eigenvalue weighted by Crippen LogP contribution is 2.26. The maximum absolute atomic E-state index is 5.73. The van der Waals surface area contributed by atoms with E-state index in [0.29, 0.717) is 6.61 Å². The third-order valence-corrected chi connectivity index (χ3v) is 2.91. The van der Waals surface area contributed by atoms with E-state index in [9.17, 15) is 0 Å². The van der Waals surface area contributed by atoms with Crippen LogP contribution in [-0.2, 0) is 13.2 Å². The van der Waals surface area contributed by atoms with Crippen LogP contribution in [0.2, 0.25) is 0 Å². The Morgan fingerprint density at radius 2 is 1.90 bits per heavy atom. The van der Waals surface area contributed by atoms with Crippen molar-refractivity contribution >= 4 is 0 Å². The summed E-state index contributed by atoms with van der Waals surface area (Å²) in [5.74, 6) is 1.46. The number of benzene rings is 1. The maximum atomic E-state index is 5.73. The predicted octanol–water partition coefficient (Wildman–Crippen LogP) is 2.78. The quantitative estimate of drug-likeness (QED) is 0.841. The molecule has 1 N–H and O–H groups in total. The topological polar surface area (TPSA) is 43.4 Å². The Kier molecular flexibility index (Phi) is 5.38. The molecule has 1 aromatic heterocycles. The zero-order valence-electron chi connectivity index (χ0n) is 11.9. The monoisotopic (exact) mass is 272 g/mol. The van der Waals surface area contributed by atoms with Crippen molar-refractivity contribution in [3.63, 3.8) is 0 Å². The van der Waals surface area contributed by atoms with E-state index in [1.54, 1.807) is 7.11 Å². The summed E-state index contributed by atoms with van der Waals surface area (Å²) in [6.45, 7) is 4.32. The van der Waals surface area contributed by atoms with Gasteiger partial charge in [-0.1, -0.05) is 25.1 Å². The van der Waals surface area contributed by atoms with Crippen LogP contribution < -0.4 is 14.8 Å². The van der Waals surface area contributed by atoms with Crippen molar-refractivity contribution in [2.24, 2.45) is 0 Å². The van der Waals surface area contributed by atoms with Gasteiger partial charge in [-0.3, -0.25) is 4.98 Å². The highest BCUT2D eigenvalue weighted by atomic mass is 16.5. The van der Waals surface area contributed by atoms with Crippen molar-refractivity contribution in [3.8, 4) is 11.5 Å². The van der Waals surface area contributed by atoms with Gasteiger partial charge in [-0.15, -0.1) is 0 Å². The molecule has 0 saturated carbocycles. The Bertz CT molecular complexity index is 526. The van der Waals surface area contributed by atoms with E-state index >= 15 is 0 Å². The van der Waals surface area contributed by atoms with Gasteiger partial charge in [0.25, 0.3) is 0 Å². The molecular formula is C16H20N2O2. The second kappa shape index (κ2) is 7.50. The SMILES string of the molecule is CCNCc1ccc(COc2ccccc2OC)nc1. The normalized spacial score (nSPS) is 10.3. The number of pyridine rings is 1. The van der Waals surface area contributed by atoms with E-state index in [1.807, 2.05) is 36.5 Å². The fraction of sp³-hybridized carbons (Fsp3) is 0.312. The van der Waals surface area contributed by atoms with Crippen molar-refractivity contribution in [2.75, 3.05) is 13.7 Å². The van der Waals surface area contributed by atoms with E-state index in [1.165, 1.54) is 5.56 Å². The van der Waals surface area contributed by atoms with Crippen LogP contribution in [0.25, 0.3) is 0 Å². The fourth-order valence-corrected chi connectivity index (χ4v) is 1.80. The number of ether oxygens (including phenoxy) is 2. The molecule has 2 aromatic rings. The molecule has 1 heterocycles. The van der Waals surface area contributed by atoms with E-state index in [2.05, 4.69) is 23.3 Å².